The van der Waals surface area contributed by atoms with E-state index in [0.717, 1.165) is 42.6 Å². The van der Waals surface area contributed by atoms with Crippen LogP contribution in [0.15, 0.2) is 46.6 Å². The summed E-state index contributed by atoms with van der Waals surface area (Å²) in [4.78, 5) is 20.3. The molecule has 1 aliphatic heterocycles. The number of ether oxygens (including phenoxy) is 1. The molecular formula is C20H27ClN6O2. The van der Waals surface area contributed by atoms with Gasteiger partial charge in [0.2, 0.25) is 11.9 Å². The number of rotatable bonds is 10. The lowest BCUT2D eigenvalue weighted by Crippen LogP contribution is -2.29. The Kier molecular flexibility index (Phi) is 8.67. The summed E-state index contributed by atoms with van der Waals surface area (Å²) in [6.45, 7) is 0.810. The molecule has 3 N–H and O–H groups in total. The van der Waals surface area contributed by atoms with Crippen molar-refractivity contribution in [1.82, 2.24) is 15.1 Å². The summed E-state index contributed by atoms with van der Waals surface area (Å²) in [5.41, 5.74) is 7.80. The van der Waals surface area contributed by atoms with E-state index < -0.39 is 0 Å². The van der Waals surface area contributed by atoms with Crippen LogP contribution in [-0.4, -0.2) is 47.6 Å². The molecule has 0 spiro atoms. The quantitative estimate of drug-likeness (QED) is 0.613. The zero-order valence-electron chi connectivity index (χ0n) is 16.5. The number of nitrogens with one attached hydrogen (secondary N) is 1. The van der Waals surface area contributed by atoms with Gasteiger partial charge in [0.25, 0.3) is 0 Å². The van der Waals surface area contributed by atoms with Gasteiger partial charge in [-0.3, -0.25) is 9.48 Å². The number of hydrogen-bond acceptors (Lipinski definition) is 6. The highest BCUT2D eigenvalue weighted by Crippen LogP contribution is 2.11. The van der Waals surface area contributed by atoms with Gasteiger partial charge in [0, 0.05) is 19.0 Å². The second-order valence-corrected chi connectivity index (χ2v) is 6.72. The molecule has 1 aromatic heterocycles. The average Bonchev–Trinajstić information content (AvgIpc) is 3.31. The Hall–Kier alpha value is -2.87. The summed E-state index contributed by atoms with van der Waals surface area (Å²) in [7, 11) is 1.64. The van der Waals surface area contributed by atoms with Crippen LogP contribution >= 0.6 is 12.4 Å². The van der Waals surface area contributed by atoms with Crippen molar-refractivity contribution in [2.45, 2.75) is 38.3 Å². The van der Waals surface area contributed by atoms with Gasteiger partial charge in [-0.2, -0.15) is 5.10 Å². The molecule has 1 atom stereocenters. The molecule has 1 unspecified atom stereocenters. The molecule has 3 rings (SSSR count). The number of amides is 1. The van der Waals surface area contributed by atoms with Crippen LogP contribution < -0.4 is 15.8 Å². The molecule has 1 amide bonds. The van der Waals surface area contributed by atoms with Gasteiger partial charge < -0.3 is 15.8 Å². The van der Waals surface area contributed by atoms with Crippen molar-refractivity contribution in [2.24, 2.45) is 15.7 Å². The van der Waals surface area contributed by atoms with E-state index in [4.69, 9.17) is 10.5 Å². The molecule has 0 saturated heterocycles. The van der Waals surface area contributed by atoms with Crippen molar-refractivity contribution >= 4 is 30.5 Å². The number of carbonyl (C=O) groups excluding carboxylic acids is 1. The normalized spacial score (nSPS) is 14.9. The van der Waals surface area contributed by atoms with E-state index in [-0.39, 0.29) is 30.9 Å². The number of halogens is 1. The van der Waals surface area contributed by atoms with Crippen molar-refractivity contribution in [3.63, 3.8) is 0 Å². The number of nitrogens with two attached hydrogens (primary N) is 1. The molecule has 29 heavy (non-hydrogen) atoms. The predicted molar refractivity (Wildman–Crippen MR) is 116 cm³/mol. The molecule has 0 radical (unpaired) electrons. The van der Waals surface area contributed by atoms with Gasteiger partial charge in [-0.05, 0) is 48.9 Å². The Morgan fingerprint density at radius 1 is 1.24 bits per heavy atom. The second-order valence-electron chi connectivity index (χ2n) is 6.72. The van der Waals surface area contributed by atoms with Crippen molar-refractivity contribution in [3.8, 4) is 5.75 Å². The third kappa shape index (κ3) is 7.23. The van der Waals surface area contributed by atoms with E-state index in [1.54, 1.807) is 18.0 Å². The number of aliphatic imine (C=N–C) groups is 2. The first-order valence-electron chi connectivity index (χ1n) is 9.41. The minimum absolute atomic E-state index is 0. The van der Waals surface area contributed by atoms with Gasteiger partial charge >= 0.3 is 0 Å². The maximum atomic E-state index is 12.1. The summed E-state index contributed by atoms with van der Waals surface area (Å²) in [5, 5.41) is 7.20. The van der Waals surface area contributed by atoms with Crippen LogP contribution in [0.5, 0.6) is 5.75 Å². The highest BCUT2D eigenvalue weighted by molar-refractivity contribution is 5.93. The molecule has 2 heterocycles. The minimum Gasteiger partial charge on any atom is -0.497 e. The van der Waals surface area contributed by atoms with Crippen LogP contribution in [0.4, 0.5) is 0 Å². The largest absolute Gasteiger partial charge is 0.497 e. The molecule has 0 fully saturated rings. The molecule has 2 aromatic rings. The highest BCUT2D eigenvalue weighted by Gasteiger charge is 2.10. The molecule has 1 aromatic carbocycles. The van der Waals surface area contributed by atoms with Crippen LogP contribution in [0.3, 0.4) is 0 Å². The lowest BCUT2D eigenvalue weighted by molar-refractivity contribution is -0.121. The van der Waals surface area contributed by atoms with E-state index in [1.807, 2.05) is 36.7 Å². The smallest absolute Gasteiger partial charge is 0.241 e. The monoisotopic (exact) mass is 418 g/mol. The Bertz CT molecular complexity index is 847. The van der Waals surface area contributed by atoms with Crippen LogP contribution in [0.2, 0.25) is 0 Å². The van der Waals surface area contributed by atoms with E-state index in [2.05, 4.69) is 20.4 Å². The van der Waals surface area contributed by atoms with Gasteiger partial charge in [0.1, 0.15) is 12.3 Å². The van der Waals surface area contributed by atoms with Crippen LogP contribution in [-0.2, 0) is 24.2 Å². The zero-order chi connectivity index (χ0) is 19.8. The number of aromatic nitrogens is 2. The minimum atomic E-state index is -0.0462. The number of hydrogen-bond donors (Lipinski definition) is 2. The Labute approximate surface area is 176 Å². The molecule has 0 aliphatic carbocycles. The van der Waals surface area contributed by atoms with Crippen molar-refractivity contribution < 1.29 is 9.53 Å². The van der Waals surface area contributed by atoms with Crippen LogP contribution in [0, 0.1) is 0 Å². The highest BCUT2D eigenvalue weighted by atomic mass is 35.5. The maximum Gasteiger partial charge on any atom is 0.241 e. The van der Waals surface area contributed by atoms with Crippen molar-refractivity contribution in [2.75, 3.05) is 13.7 Å². The van der Waals surface area contributed by atoms with Gasteiger partial charge in [-0.15, -0.1) is 12.4 Å². The SMILES string of the molecule is COc1ccc(CCNC(=O)Cn2cc(CCCC3C=NC(N)=N3)cn2)cc1.Cl. The predicted octanol–water partition coefficient (Wildman–Crippen LogP) is 1.76. The number of nitrogens with zero attached hydrogens (tertiary/aromatic N) is 4. The Balaban J connectivity index is 0.00000300. The summed E-state index contributed by atoms with van der Waals surface area (Å²) < 4.78 is 6.81. The summed E-state index contributed by atoms with van der Waals surface area (Å²) in [6.07, 6.45) is 9.05. The first-order valence-corrected chi connectivity index (χ1v) is 9.41. The number of aryl methyl sites for hydroxylation is 1. The van der Waals surface area contributed by atoms with E-state index in [0.29, 0.717) is 12.5 Å². The molecule has 0 bridgehead atoms. The topological polar surface area (TPSA) is 107 Å². The van der Waals surface area contributed by atoms with Crippen molar-refractivity contribution in [3.05, 3.63) is 47.8 Å². The first-order chi connectivity index (χ1) is 13.6. The molecule has 0 saturated carbocycles. The zero-order valence-corrected chi connectivity index (χ0v) is 17.3. The molecule has 9 heteroatoms. The van der Waals surface area contributed by atoms with Crippen LogP contribution in [0.1, 0.15) is 24.0 Å². The molecular weight excluding hydrogens is 392 g/mol. The lowest BCUT2D eigenvalue weighted by atomic mass is 10.1. The molecule has 1 aliphatic rings. The molecule has 8 nitrogen and oxygen atoms in total. The second kappa shape index (κ2) is 11.2. The number of benzene rings is 1. The number of methoxy groups -OCH3 is 1. The Morgan fingerprint density at radius 2 is 2.03 bits per heavy atom. The fraction of sp³-hybridized carbons (Fsp3) is 0.400. The molecule has 156 valence electrons. The third-order valence-corrected chi connectivity index (χ3v) is 4.53. The fourth-order valence-electron chi connectivity index (χ4n) is 3.02. The Morgan fingerprint density at radius 3 is 2.72 bits per heavy atom. The number of guanidine groups is 1. The summed E-state index contributed by atoms with van der Waals surface area (Å²) in [6, 6.07) is 7.93. The van der Waals surface area contributed by atoms with Gasteiger partial charge in [0.15, 0.2) is 0 Å². The standard InChI is InChI=1S/C20H26N6O2.ClH/c1-28-18-7-5-15(6-8-18)9-10-22-19(27)14-26-13-16(11-24-26)3-2-4-17-12-23-20(21)25-17;/h5-8,11-13,17H,2-4,9-10,14H2,1H3,(H2,21,25)(H,22,27);1H. The van der Waals surface area contributed by atoms with E-state index in [9.17, 15) is 4.79 Å². The first kappa shape index (κ1) is 22.4. The number of carbonyl (C=O) groups is 1. The maximum absolute atomic E-state index is 12.1. The summed E-state index contributed by atoms with van der Waals surface area (Å²) in [5.74, 6) is 1.14. The third-order valence-electron chi connectivity index (χ3n) is 4.53. The van der Waals surface area contributed by atoms with Gasteiger partial charge in [0.05, 0.1) is 19.3 Å². The van der Waals surface area contributed by atoms with Gasteiger partial charge in [-0.25, -0.2) is 9.98 Å². The summed E-state index contributed by atoms with van der Waals surface area (Å²) >= 11 is 0. The van der Waals surface area contributed by atoms with Gasteiger partial charge in [-0.1, -0.05) is 12.1 Å². The van der Waals surface area contributed by atoms with E-state index in [1.165, 1.54) is 0 Å². The van der Waals surface area contributed by atoms with E-state index >= 15 is 0 Å². The lowest BCUT2D eigenvalue weighted by Gasteiger charge is -2.06. The fourth-order valence-corrected chi connectivity index (χ4v) is 3.02. The van der Waals surface area contributed by atoms with Crippen molar-refractivity contribution in [1.29, 1.82) is 0 Å². The average molecular weight is 419 g/mol. The van der Waals surface area contributed by atoms with Crippen LogP contribution in [0.25, 0.3) is 0 Å².